The number of piperazine rings is 1. The first-order valence-electron chi connectivity index (χ1n) is 10.2. The lowest BCUT2D eigenvalue weighted by Crippen LogP contribution is -2.50. The smallest absolute Gasteiger partial charge is 0.330 e. The summed E-state index contributed by atoms with van der Waals surface area (Å²) in [5.74, 6) is 0.813. The summed E-state index contributed by atoms with van der Waals surface area (Å²) in [4.78, 5) is 34.9. The minimum Gasteiger partial charge on any atom is -0.497 e. The van der Waals surface area contributed by atoms with Crippen LogP contribution in [-0.2, 0) is 0 Å². The van der Waals surface area contributed by atoms with Crippen LogP contribution in [-0.4, -0.2) is 53.8 Å². The molecule has 156 valence electrons. The zero-order chi connectivity index (χ0) is 21.4. The summed E-state index contributed by atoms with van der Waals surface area (Å²) >= 11 is 0. The molecule has 5 rings (SSSR count). The first kappa shape index (κ1) is 19.1. The molecule has 7 nitrogen and oxygen atoms in total. The highest BCUT2D eigenvalue weighted by Gasteiger charge is 2.25. The molecule has 0 N–H and O–H groups in total. The van der Waals surface area contributed by atoms with Crippen LogP contribution in [0.3, 0.4) is 0 Å². The summed E-state index contributed by atoms with van der Waals surface area (Å²) in [6.45, 7) is 2.57. The maximum absolute atomic E-state index is 13.6. The molecule has 1 fully saturated rings. The lowest BCUT2D eigenvalue weighted by Gasteiger charge is -2.36. The fourth-order valence-electron chi connectivity index (χ4n) is 4.17. The van der Waals surface area contributed by atoms with Gasteiger partial charge in [-0.25, -0.2) is 14.3 Å². The Balaban J connectivity index is 1.48. The van der Waals surface area contributed by atoms with E-state index in [0.29, 0.717) is 48.1 Å². The van der Waals surface area contributed by atoms with Crippen molar-refractivity contribution in [1.29, 1.82) is 0 Å². The van der Waals surface area contributed by atoms with Gasteiger partial charge in [0.05, 0.1) is 18.0 Å². The fraction of sp³-hybridized carbons (Fsp3) is 0.208. The van der Waals surface area contributed by atoms with Gasteiger partial charge in [0.1, 0.15) is 5.75 Å². The van der Waals surface area contributed by atoms with Gasteiger partial charge in [0.2, 0.25) is 0 Å². The number of carbonyl (C=O) groups is 1. The molecule has 4 aromatic rings. The van der Waals surface area contributed by atoms with Crippen molar-refractivity contribution >= 4 is 33.7 Å². The van der Waals surface area contributed by atoms with E-state index in [-0.39, 0.29) is 11.5 Å². The quantitative estimate of drug-likeness (QED) is 0.471. The number of para-hydroxylation sites is 1. The Morgan fingerprint density at radius 2 is 1.71 bits per heavy atom. The van der Waals surface area contributed by atoms with E-state index in [1.807, 2.05) is 41.3 Å². The predicted octanol–water partition coefficient (Wildman–Crippen LogP) is 3.35. The molecule has 0 bridgehead atoms. The number of methoxy groups -OCH3 is 1. The Labute approximate surface area is 179 Å². The third-order valence-electron chi connectivity index (χ3n) is 5.79. The van der Waals surface area contributed by atoms with Gasteiger partial charge < -0.3 is 14.5 Å². The average molecular weight is 414 g/mol. The van der Waals surface area contributed by atoms with E-state index in [1.54, 1.807) is 42.1 Å². The van der Waals surface area contributed by atoms with E-state index in [4.69, 9.17) is 4.74 Å². The van der Waals surface area contributed by atoms with Crippen molar-refractivity contribution in [2.45, 2.75) is 0 Å². The number of benzene rings is 2. The summed E-state index contributed by atoms with van der Waals surface area (Å²) < 4.78 is 6.90. The van der Waals surface area contributed by atoms with Crippen molar-refractivity contribution in [2.24, 2.45) is 0 Å². The second-order valence-electron chi connectivity index (χ2n) is 7.51. The van der Waals surface area contributed by atoms with Crippen LogP contribution in [0.5, 0.6) is 5.75 Å². The van der Waals surface area contributed by atoms with Gasteiger partial charge in [-0.2, -0.15) is 0 Å². The number of rotatable bonds is 2. The highest BCUT2D eigenvalue weighted by molar-refractivity contribution is 6.00. The molecule has 7 heteroatoms. The van der Waals surface area contributed by atoms with Crippen LogP contribution in [0.1, 0.15) is 0 Å². The fourth-order valence-corrected chi connectivity index (χ4v) is 4.17. The molecule has 0 saturated carbocycles. The SMILES string of the molecule is COc1cccc(N2CCN(C(=O)n3c4ccccc4c(=O)c4cccnc43)CC2)c1. The number of anilines is 1. The molecule has 0 aliphatic carbocycles. The summed E-state index contributed by atoms with van der Waals surface area (Å²) in [5.41, 5.74) is 1.95. The summed E-state index contributed by atoms with van der Waals surface area (Å²) in [7, 11) is 1.66. The van der Waals surface area contributed by atoms with Gasteiger partial charge in [-0.15, -0.1) is 0 Å². The standard InChI is InChI=1S/C24H22N4O3/c1-31-18-7-4-6-17(16-18)26-12-14-27(15-13-26)24(30)28-21-10-3-2-8-19(21)22(29)20-9-5-11-25-23(20)28/h2-11,16H,12-15H2,1H3. The Hall–Kier alpha value is -3.87. The molecule has 31 heavy (non-hydrogen) atoms. The van der Waals surface area contributed by atoms with E-state index in [0.717, 1.165) is 11.4 Å². The highest BCUT2D eigenvalue weighted by Crippen LogP contribution is 2.23. The number of hydrogen-bond donors (Lipinski definition) is 0. The Kier molecular flexibility index (Phi) is 4.78. The molecule has 3 heterocycles. The van der Waals surface area contributed by atoms with E-state index >= 15 is 0 Å². The summed E-state index contributed by atoms with van der Waals surface area (Å²) in [6, 6.07) is 18.4. The minimum atomic E-state index is -0.162. The molecule has 2 aromatic carbocycles. The van der Waals surface area contributed by atoms with Gasteiger partial charge in [-0.3, -0.25) is 4.79 Å². The van der Waals surface area contributed by atoms with E-state index in [1.165, 1.54) is 0 Å². The Morgan fingerprint density at radius 3 is 2.52 bits per heavy atom. The molecule has 1 saturated heterocycles. The lowest BCUT2D eigenvalue weighted by atomic mass is 10.1. The number of aromatic nitrogens is 2. The van der Waals surface area contributed by atoms with E-state index in [2.05, 4.69) is 9.88 Å². The molecule has 1 amide bonds. The molecular formula is C24H22N4O3. The molecule has 0 radical (unpaired) electrons. The number of amides is 1. The number of hydrogen-bond acceptors (Lipinski definition) is 5. The van der Waals surface area contributed by atoms with Crippen molar-refractivity contribution in [3.05, 3.63) is 77.1 Å². The molecule has 0 unspecified atom stereocenters. The van der Waals surface area contributed by atoms with Crippen molar-refractivity contribution in [2.75, 3.05) is 38.2 Å². The molecule has 2 aromatic heterocycles. The number of nitrogens with zero attached hydrogens (tertiary/aromatic N) is 4. The maximum Gasteiger partial charge on any atom is 0.330 e. The molecule has 0 spiro atoms. The first-order chi connectivity index (χ1) is 15.2. The topological polar surface area (TPSA) is 67.7 Å². The second-order valence-corrected chi connectivity index (χ2v) is 7.51. The van der Waals surface area contributed by atoms with E-state index in [9.17, 15) is 9.59 Å². The third kappa shape index (κ3) is 3.28. The van der Waals surface area contributed by atoms with E-state index < -0.39 is 0 Å². The normalized spacial score (nSPS) is 14.2. The first-order valence-corrected chi connectivity index (χ1v) is 10.2. The van der Waals surface area contributed by atoms with Crippen molar-refractivity contribution < 1.29 is 9.53 Å². The van der Waals surface area contributed by atoms with Crippen molar-refractivity contribution in [3.63, 3.8) is 0 Å². The molecule has 1 aliphatic heterocycles. The number of fused-ring (bicyclic) bond motifs is 2. The zero-order valence-corrected chi connectivity index (χ0v) is 17.2. The van der Waals surface area contributed by atoms with Crippen LogP contribution in [0.4, 0.5) is 10.5 Å². The highest BCUT2D eigenvalue weighted by atomic mass is 16.5. The van der Waals surface area contributed by atoms with Crippen LogP contribution < -0.4 is 15.1 Å². The van der Waals surface area contributed by atoms with Gasteiger partial charge in [0.25, 0.3) is 0 Å². The van der Waals surface area contributed by atoms with Gasteiger partial charge >= 0.3 is 6.03 Å². The summed E-state index contributed by atoms with van der Waals surface area (Å²) in [6.07, 6.45) is 1.61. The predicted molar refractivity (Wildman–Crippen MR) is 121 cm³/mol. The minimum absolute atomic E-state index is 0.106. The maximum atomic E-state index is 13.6. The van der Waals surface area contributed by atoms with Crippen LogP contribution in [0.2, 0.25) is 0 Å². The number of carbonyl (C=O) groups excluding carboxylic acids is 1. The average Bonchev–Trinajstić information content (AvgIpc) is 2.84. The number of pyridine rings is 2. The Morgan fingerprint density at radius 1 is 0.935 bits per heavy atom. The van der Waals surface area contributed by atoms with Gasteiger partial charge in [0.15, 0.2) is 11.1 Å². The molecule has 0 atom stereocenters. The number of ether oxygens (including phenoxy) is 1. The zero-order valence-electron chi connectivity index (χ0n) is 17.2. The van der Waals surface area contributed by atoms with Crippen molar-refractivity contribution in [1.82, 2.24) is 14.5 Å². The van der Waals surface area contributed by atoms with Crippen LogP contribution in [0.15, 0.2) is 71.7 Å². The van der Waals surface area contributed by atoms with Gasteiger partial charge in [-0.05, 0) is 36.4 Å². The molecule has 1 aliphatic rings. The largest absolute Gasteiger partial charge is 0.497 e. The van der Waals surface area contributed by atoms with Crippen LogP contribution >= 0.6 is 0 Å². The van der Waals surface area contributed by atoms with Crippen molar-refractivity contribution in [3.8, 4) is 5.75 Å². The second kappa shape index (κ2) is 7.75. The molecular weight excluding hydrogens is 392 g/mol. The van der Waals surface area contributed by atoms with Gasteiger partial charge in [0, 0.05) is 49.5 Å². The monoisotopic (exact) mass is 414 g/mol. The van der Waals surface area contributed by atoms with Crippen LogP contribution in [0, 0.1) is 0 Å². The lowest BCUT2D eigenvalue weighted by molar-refractivity contribution is 0.198. The van der Waals surface area contributed by atoms with Gasteiger partial charge in [-0.1, -0.05) is 18.2 Å². The summed E-state index contributed by atoms with van der Waals surface area (Å²) in [5, 5.41) is 0.968. The third-order valence-corrected chi connectivity index (χ3v) is 5.79. The Bertz CT molecular complexity index is 1280. The van der Waals surface area contributed by atoms with Crippen LogP contribution in [0.25, 0.3) is 21.9 Å².